The van der Waals surface area contributed by atoms with Crippen LogP contribution in [0.15, 0.2) is 30.3 Å². The Labute approximate surface area is 159 Å². The molecular formula is C20H27N5O2. The zero-order valence-corrected chi connectivity index (χ0v) is 16.0. The van der Waals surface area contributed by atoms with Crippen LogP contribution in [-0.2, 0) is 21.7 Å². The van der Waals surface area contributed by atoms with Gasteiger partial charge in [-0.1, -0.05) is 18.2 Å². The van der Waals surface area contributed by atoms with Crippen LogP contribution >= 0.6 is 0 Å². The lowest BCUT2D eigenvalue weighted by molar-refractivity contribution is -0.135. The van der Waals surface area contributed by atoms with E-state index in [-0.39, 0.29) is 5.91 Å². The maximum Gasteiger partial charge on any atom is 0.248 e. The highest BCUT2D eigenvalue weighted by Crippen LogP contribution is 2.41. The van der Waals surface area contributed by atoms with E-state index in [0.29, 0.717) is 25.7 Å². The number of carbonyl (C=O) groups excluding carboxylic acids is 1. The minimum Gasteiger partial charge on any atom is -0.370 e. The van der Waals surface area contributed by atoms with Crippen LogP contribution in [0.1, 0.15) is 44.3 Å². The Morgan fingerprint density at radius 3 is 2.81 bits per heavy atom. The zero-order chi connectivity index (χ0) is 18.9. The standard InChI is InChI=1S/C20H27N5O2/c1-3-24(16-7-5-4-6-8-16)12-11-21-19(26)20(2)14-27-13-17-22-23-18(25(17)20)15-9-10-15/h4-8,15H,3,9-14H2,1-2H3,(H,21,26). The maximum atomic E-state index is 13.1. The molecule has 1 aromatic carbocycles. The molecule has 1 aromatic heterocycles. The molecule has 1 amide bonds. The minimum atomic E-state index is -0.793. The number of hydrogen-bond acceptors (Lipinski definition) is 5. The van der Waals surface area contributed by atoms with Crippen molar-refractivity contribution in [3.8, 4) is 0 Å². The van der Waals surface area contributed by atoms with Gasteiger partial charge in [-0.25, -0.2) is 0 Å². The van der Waals surface area contributed by atoms with Crippen molar-refractivity contribution in [2.45, 2.75) is 44.8 Å². The SMILES string of the molecule is CCN(CCNC(=O)C1(C)COCc2nnc(C3CC3)n21)c1ccccc1. The summed E-state index contributed by atoms with van der Waals surface area (Å²) in [4.78, 5) is 15.3. The number of anilines is 1. The molecule has 1 N–H and O–H groups in total. The van der Waals surface area contributed by atoms with Gasteiger partial charge in [0.15, 0.2) is 5.82 Å². The van der Waals surface area contributed by atoms with Gasteiger partial charge in [-0.2, -0.15) is 0 Å². The van der Waals surface area contributed by atoms with Crippen LogP contribution in [0.3, 0.4) is 0 Å². The van der Waals surface area contributed by atoms with Crippen LogP contribution < -0.4 is 10.2 Å². The molecule has 144 valence electrons. The van der Waals surface area contributed by atoms with Gasteiger partial charge in [-0.15, -0.1) is 10.2 Å². The normalized spacial score (nSPS) is 21.6. The predicted molar refractivity (Wildman–Crippen MR) is 103 cm³/mol. The number of hydrogen-bond donors (Lipinski definition) is 1. The van der Waals surface area contributed by atoms with E-state index in [1.54, 1.807) is 0 Å². The number of nitrogens with one attached hydrogen (secondary N) is 1. The van der Waals surface area contributed by atoms with Crippen molar-refractivity contribution < 1.29 is 9.53 Å². The van der Waals surface area contributed by atoms with Gasteiger partial charge in [0.2, 0.25) is 5.91 Å². The van der Waals surface area contributed by atoms with Crippen molar-refractivity contribution >= 4 is 11.6 Å². The Kier molecular flexibility index (Phi) is 4.86. The molecule has 0 bridgehead atoms. The van der Waals surface area contributed by atoms with E-state index < -0.39 is 5.54 Å². The van der Waals surface area contributed by atoms with Crippen molar-refractivity contribution in [1.29, 1.82) is 0 Å². The van der Waals surface area contributed by atoms with Gasteiger partial charge in [0, 0.05) is 31.2 Å². The van der Waals surface area contributed by atoms with E-state index in [9.17, 15) is 4.79 Å². The Morgan fingerprint density at radius 1 is 1.33 bits per heavy atom. The second-order valence-corrected chi connectivity index (χ2v) is 7.52. The third-order valence-corrected chi connectivity index (χ3v) is 5.46. The fraction of sp³-hybridized carbons (Fsp3) is 0.550. The molecule has 1 fully saturated rings. The number of carbonyl (C=O) groups is 1. The van der Waals surface area contributed by atoms with Crippen molar-refractivity contribution in [3.05, 3.63) is 42.0 Å². The first kappa shape index (κ1) is 18.0. The fourth-order valence-corrected chi connectivity index (χ4v) is 3.74. The molecule has 1 aliphatic carbocycles. The van der Waals surface area contributed by atoms with E-state index in [0.717, 1.165) is 37.6 Å². The molecule has 7 nitrogen and oxygen atoms in total. The van der Waals surface area contributed by atoms with Gasteiger partial charge >= 0.3 is 0 Å². The lowest BCUT2D eigenvalue weighted by atomic mass is 9.99. The van der Waals surface area contributed by atoms with Crippen LogP contribution in [-0.4, -0.2) is 46.9 Å². The summed E-state index contributed by atoms with van der Waals surface area (Å²) >= 11 is 0. The molecule has 2 aromatic rings. The molecule has 1 atom stereocenters. The molecule has 2 heterocycles. The number of benzene rings is 1. The lowest BCUT2D eigenvalue weighted by Gasteiger charge is -2.35. The summed E-state index contributed by atoms with van der Waals surface area (Å²) in [5.74, 6) is 2.09. The molecule has 2 aliphatic rings. The molecule has 4 rings (SSSR count). The fourth-order valence-electron chi connectivity index (χ4n) is 3.74. The molecule has 1 saturated carbocycles. The second kappa shape index (κ2) is 7.31. The Bertz CT molecular complexity index is 802. The topological polar surface area (TPSA) is 72.3 Å². The van der Waals surface area contributed by atoms with Gasteiger partial charge in [0.1, 0.15) is 18.0 Å². The highest BCUT2D eigenvalue weighted by atomic mass is 16.5. The molecular weight excluding hydrogens is 342 g/mol. The first-order valence-electron chi connectivity index (χ1n) is 9.74. The van der Waals surface area contributed by atoms with Gasteiger partial charge in [0.05, 0.1) is 6.61 Å². The summed E-state index contributed by atoms with van der Waals surface area (Å²) < 4.78 is 7.70. The average molecular weight is 369 g/mol. The van der Waals surface area contributed by atoms with Crippen molar-refractivity contribution in [2.75, 3.05) is 31.1 Å². The molecule has 1 unspecified atom stereocenters. The number of fused-ring (bicyclic) bond motifs is 1. The highest BCUT2D eigenvalue weighted by molar-refractivity contribution is 5.84. The van der Waals surface area contributed by atoms with E-state index in [1.165, 1.54) is 5.69 Å². The van der Waals surface area contributed by atoms with E-state index in [4.69, 9.17) is 4.74 Å². The second-order valence-electron chi connectivity index (χ2n) is 7.52. The monoisotopic (exact) mass is 369 g/mol. The van der Waals surface area contributed by atoms with Crippen LogP contribution in [0.4, 0.5) is 5.69 Å². The number of likely N-dealkylation sites (N-methyl/N-ethyl adjacent to an activating group) is 1. The predicted octanol–water partition coefficient (Wildman–Crippen LogP) is 2.04. The average Bonchev–Trinajstić information content (AvgIpc) is 3.44. The summed E-state index contributed by atoms with van der Waals surface area (Å²) in [7, 11) is 0. The van der Waals surface area contributed by atoms with Crippen molar-refractivity contribution in [1.82, 2.24) is 20.1 Å². The maximum absolute atomic E-state index is 13.1. The van der Waals surface area contributed by atoms with Gasteiger partial charge in [-0.3, -0.25) is 9.36 Å². The number of para-hydroxylation sites is 1. The summed E-state index contributed by atoms with van der Waals surface area (Å²) in [6.45, 7) is 7.04. The molecule has 0 spiro atoms. The Balaban J connectivity index is 1.44. The van der Waals surface area contributed by atoms with Gasteiger partial charge < -0.3 is 15.0 Å². The summed E-state index contributed by atoms with van der Waals surface area (Å²) in [6.07, 6.45) is 2.25. The third kappa shape index (κ3) is 3.43. The smallest absolute Gasteiger partial charge is 0.248 e. The number of amides is 1. The summed E-state index contributed by atoms with van der Waals surface area (Å²) in [6, 6.07) is 10.3. The van der Waals surface area contributed by atoms with Crippen molar-refractivity contribution in [3.63, 3.8) is 0 Å². The zero-order valence-electron chi connectivity index (χ0n) is 16.0. The lowest BCUT2D eigenvalue weighted by Crippen LogP contribution is -2.54. The third-order valence-electron chi connectivity index (χ3n) is 5.46. The number of aromatic nitrogens is 3. The first-order valence-corrected chi connectivity index (χ1v) is 9.74. The van der Waals surface area contributed by atoms with E-state index in [2.05, 4.69) is 39.5 Å². The summed E-state index contributed by atoms with van der Waals surface area (Å²) in [5.41, 5.74) is 0.372. The highest BCUT2D eigenvalue weighted by Gasteiger charge is 2.45. The van der Waals surface area contributed by atoms with Crippen molar-refractivity contribution in [2.24, 2.45) is 0 Å². The Morgan fingerprint density at radius 2 is 2.11 bits per heavy atom. The van der Waals surface area contributed by atoms with E-state index in [1.807, 2.05) is 29.7 Å². The van der Waals surface area contributed by atoms with Crippen LogP contribution in [0, 0.1) is 0 Å². The number of nitrogens with zero attached hydrogens (tertiary/aromatic N) is 4. The minimum absolute atomic E-state index is 0.0331. The number of ether oxygens (including phenoxy) is 1. The number of rotatable bonds is 7. The molecule has 7 heteroatoms. The quantitative estimate of drug-likeness (QED) is 0.809. The van der Waals surface area contributed by atoms with Gasteiger partial charge in [-0.05, 0) is 38.8 Å². The molecule has 1 aliphatic heterocycles. The van der Waals surface area contributed by atoms with E-state index >= 15 is 0 Å². The molecule has 0 saturated heterocycles. The van der Waals surface area contributed by atoms with Crippen LogP contribution in [0.5, 0.6) is 0 Å². The Hall–Kier alpha value is -2.41. The molecule has 27 heavy (non-hydrogen) atoms. The largest absolute Gasteiger partial charge is 0.370 e. The van der Waals surface area contributed by atoms with Crippen LogP contribution in [0.2, 0.25) is 0 Å². The first-order chi connectivity index (χ1) is 13.1. The molecule has 0 radical (unpaired) electrons. The van der Waals surface area contributed by atoms with Crippen LogP contribution in [0.25, 0.3) is 0 Å². The van der Waals surface area contributed by atoms with Gasteiger partial charge in [0.25, 0.3) is 0 Å². The summed E-state index contributed by atoms with van der Waals surface area (Å²) in [5, 5.41) is 11.7.